The van der Waals surface area contributed by atoms with E-state index in [0.29, 0.717) is 31.7 Å². The molecule has 1 aliphatic rings. The summed E-state index contributed by atoms with van der Waals surface area (Å²) >= 11 is 0. The molecule has 1 saturated carbocycles. The Hall–Kier alpha value is -1.18. The van der Waals surface area contributed by atoms with Crippen molar-refractivity contribution in [3.63, 3.8) is 0 Å². The zero-order valence-corrected chi connectivity index (χ0v) is 12.6. The summed E-state index contributed by atoms with van der Waals surface area (Å²) < 4.78 is 26.3. The number of nitrogens with zero attached hydrogens (tertiary/aromatic N) is 2. The fraction of sp³-hybridized carbons (Fsp3) is 0.615. The summed E-state index contributed by atoms with van der Waals surface area (Å²) in [4.78, 5) is 4.31. The molecule has 112 valence electrons. The maximum absolute atomic E-state index is 12.5. The number of aliphatic hydroxyl groups excluding tert-OH is 1. The van der Waals surface area contributed by atoms with Crippen molar-refractivity contribution in [1.29, 1.82) is 0 Å². The van der Waals surface area contributed by atoms with Crippen LogP contribution in [-0.2, 0) is 10.0 Å². The summed E-state index contributed by atoms with van der Waals surface area (Å²) in [6.07, 6.45) is 2.58. The van der Waals surface area contributed by atoms with Crippen LogP contribution in [0.1, 0.15) is 19.8 Å². The smallest absolute Gasteiger partial charge is 0.243 e. The molecule has 7 heteroatoms. The highest BCUT2D eigenvalue weighted by molar-refractivity contribution is 7.89. The predicted octanol–water partition coefficient (Wildman–Crippen LogP) is 0.905. The molecule has 1 fully saturated rings. The molecule has 0 aromatic carbocycles. The van der Waals surface area contributed by atoms with Gasteiger partial charge in [-0.25, -0.2) is 17.7 Å². The molecule has 2 rings (SSSR count). The molecule has 0 saturated heterocycles. The average Bonchev–Trinajstić information content (AvgIpc) is 2.37. The first kappa shape index (κ1) is 15.2. The molecular formula is C13H21N3O3S. The molecule has 1 heterocycles. The third-order valence-corrected chi connectivity index (χ3v) is 5.34. The van der Waals surface area contributed by atoms with E-state index in [1.807, 2.05) is 6.92 Å². The van der Waals surface area contributed by atoms with E-state index in [1.165, 1.54) is 16.6 Å². The van der Waals surface area contributed by atoms with Crippen molar-refractivity contribution in [3.8, 4) is 0 Å². The molecule has 1 aliphatic carbocycles. The number of aliphatic hydroxyl groups is 1. The van der Waals surface area contributed by atoms with Crippen LogP contribution < -0.4 is 5.32 Å². The monoisotopic (exact) mass is 299 g/mol. The van der Waals surface area contributed by atoms with E-state index in [4.69, 9.17) is 0 Å². The number of anilines is 1. The van der Waals surface area contributed by atoms with E-state index in [0.717, 1.165) is 0 Å². The van der Waals surface area contributed by atoms with Gasteiger partial charge >= 0.3 is 0 Å². The van der Waals surface area contributed by atoms with Gasteiger partial charge in [0.15, 0.2) is 0 Å². The Labute approximate surface area is 119 Å². The second kappa shape index (κ2) is 6.07. The van der Waals surface area contributed by atoms with Gasteiger partial charge in [0, 0.05) is 32.4 Å². The fourth-order valence-corrected chi connectivity index (χ4v) is 3.60. The lowest BCUT2D eigenvalue weighted by molar-refractivity contribution is 0.0367. The molecular weight excluding hydrogens is 278 g/mol. The Morgan fingerprint density at radius 1 is 1.50 bits per heavy atom. The van der Waals surface area contributed by atoms with E-state index >= 15 is 0 Å². The molecule has 6 nitrogen and oxygen atoms in total. The van der Waals surface area contributed by atoms with E-state index in [9.17, 15) is 13.5 Å². The second-order valence-electron chi connectivity index (χ2n) is 5.18. The number of hydrogen-bond donors (Lipinski definition) is 2. The first-order valence-electron chi connectivity index (χ1n) is 6.77. The second-order valence-corrected chi connectivity index (χ2v) is 7.23. The largest absolute Gasteiger partial charge is 0.393 e. The van der Waals surface area contributed by atoms with E-state index in [1.54, 1.807) is 13.1 Å². The predicted molar refractivity (Wildman–Crippen MR) is 76.9 cm³/mol. The van der Waals surface area contributed by atoms with Gasteiger partial charge in [-0.2, -0.15) is 0 Å². The van der Waals surface area contributed by atoms with Gasteiger partial charge in [0.25, 0.3) is 0 Å². The van der Waals surface area contributed by atoms with Crippen molar-refractivity contribution in [2.24, 2.45) is 5.92 Å². The number of nitrogens with one attached hydrogen (secondary N) is 1. The molecule has 0 aliphatic heterocycles. The molecule has 2 N–H and O–H groups in total. The molecule has 0 amide bonds. The van der Waals surface area contributed by atoms with Gasteiger partial charge in [-0.1, -0.05) is 0 Å². The summed E-state index contributed by atoms with van der Waals surface area (Å²) in [5, 5.41) is 12.3. The molecule has 0 bridgehead atoms. The first-order valence-corrected chi connectivity index (χ1v) is 8.21. The highest BCUT2D eigenvalue weighted by atomic mass is 32.2. The Kier molecular flexibility index (Phi) is 4.62. The molecule has 20 heavy (non-hydrogen) atoms. The third-order valence-electron chi connectivity index (χ3n) is 3.52. The lowest BCUT2D eigenvalue weighted by Crippen LogP contribution is -2.39. The highest BCUT2D eigenvalue weighted by Crippen LogP contribution is 2.29. The number of sulfonamides is 1. The summed E-state index contributed by atoms with van der Waals surface area (Å²) in [5.74, 6) is 0.806. The quantitative estimate of drug-likeness (QED) is 0.815. The van der Waals surface area contributed by atoms with Crippen molar-refractivity contribution in [1.82, 2.24) is 9.29 Å². The standard InChI is InChI=1S/C13H21N3O3S/c1-3-14-13-8-12(4-5-15-13)20(18,19)16(2)9-10-6-11(17)7-10/h4-5,8,10-11,17H,3,6-7,9H2,1-2H3,(H,14,15). The molecule has 0 radical (unpaired) electrons. The van der Waals surface area contributed by atoms with Crippen LogP contribution in [0.2, 0.25) is 0 Å². The van der Waals surface area contributed by atoms with Crippen LogP contribution >= 0.6 is 0 Å². The summed E-state index contributed by atoms with van der Waals surface area (Å²) in [5.41, 5.74) is 0. The highest BCUT2D eigenvalue weighted by Gasteiger charge is 2.31. The van der Waals surface area contributed by atoms with Gasteiger partial charge in [0.2, 0.25) is 10.0 Å². The van der Waals surface area contributed by atoms with Crippen LogP contribution in [0.4, 0.5) is 5.82 Å². The van der Waals surface area contributed by atoms with Crippen molar-refractivity contribution >= 4 is 15.8 Å². The van der Waals surface area contributed by atoms with Crippen molar-refractivity contribution < 1.29 is 13.5 Å². The average molecular weight is 299 g/mol. The minimum atomic E-state index is -3.50. The summed E-state index contributed by atoms with van der Waals surface area (Å²) in [7, 11) is -1.92. The Bertz CT molecular complexity index is 556. The maximum atomic E-state index is 12.5. The van der Waals surface area contributed by atoms with Crippen molar-refractivity contribution in [2.45, 2.75) is 30.8 Å². The minimum absolute atomic E-state index is 0.242. The van der Waals surface area contributed by atoms with Gasteiger partial charge in [-0.05, 0) is 31.7 Å². The topological polar surface area (TPSA) is 82.5 Å². The number of hydrogen-bond acceptors (Lipinski definition) is 5. The van der Waals surface area contributed by atoms with Crippen LogP contribution in [0, 0.1) is 5.92 Å². The Balaban J connectivity index is 2.10. The molecule has 0 spiro atoms. The SMILES string of the molecule is CCNc1cc(S(=O)(=O)N(C)CC2CC(O)C2)ccn1. The zero-order valence-electron chi connectivity index (χ0n) is 11.8. The van der Waals surface area contributed by atoms with Gasteiger partial charge < -0.3 is 10.4 Å². The van der Waals surface area contributed by atoms with Gasteiger partial charge in [0.05, 0.1) is 11.0 Å². The fourth-order valence-electron chi connectivity index (χ4n) is 2.34. The minimum Gasteiger partial charge on any atom is -0.393 e. The van der Waals surface area contributed by atoms with E-state index < -0.39 is 10.0 Å². The van der Waals surface area contributed by atoms with E-state index in [2.05, 4.69) is 10.3 Å². The zero-order chi connectivity index (χ0) is 14.8. The number of aromatic nitrogens is 1. The summed E-state index contributed by atoms with van der Waals surface area (Å²) in [6, 6.07) is 3.05. The normalized spacial score (nSPS) is 22.6. The first-order chi connectivity index (χ1) is 9.43. The van der Waals surface area contributed by atoms with Gasteiger partial charge in [0.1, 0.15) is 5.82 Å². The Morgan fingerprint density at radius 2 is 2.20 bits per heavy atom. The van der Waals surface area contributed by atoms with Crippen molar-refractivity contribution in [2.75, 3.05) is 25.5 Å². The molecule has 0 unspecified atom stereocenters. The lowest BCUT2D eigenvalue weighted by Gasteiger charge is -2.34. The van der Waals surface area contributed by atoms with Gasteiger partial charge in [-0.3, -0.25) is 0 Å². The number of rotatable bonds is 6. The maximum Gasteiger partial charge on any atom is 0.243 e. The van der Waals surface area contributed by atoms with Crippen LogP contribution in [0.15, 0.2) is 23.2 Å². The van der Waals surface area contributed by atoms with E-state index in [-0.39, 0.29) is 16.9 Å². The molecule has 1 aromatic heterocycles. The van der Waals surface area contributed by atoms with Gasteiger partial charge in [-0.15, -0.1) is 0 Å². The third kappa shape index (κ3) is 3.28. The van der Waals surface area contributed by atoms with Crippen LogP contribution in [0.5, 0.6) is 0 Å². The summed E-state index contributed by atoms with van der Waals surface area (Å²) in [6.45, 7) is 3.06. The molecule has 0 atom stereocenters. The van der Waals surface area contributed by atoms with Crippen LogP contribution in [-0.4, -0.2) is 49.1 Å². The Morgan fingerprint density at radius 3 is 2.80 bits per heavy atom. The lowest BCUT2D eigenvalue weighted by atomic mass is 9.82. The van der Waals surface area contributed by atoms with Crippen LogP contribution in [0.25, 0.3) is 0 Å². The van der Waals surface area contributed by atoms with Crippen molar-refractivity contribution in [3.05, 3.63) is 18.3 Å². The van der Waals surface area contributed by atoms with Crippen LogP contribution in [0.3, 0.4) is 0 Å². The number of pyridine rings is 1. The molecule has 1 aromatic rings.